The zero-order valence-electron chi connectivity index (χ0n) is 8.77. The standard InChI is InChI=1S/C9H13N5O/c1-3-7(5-10)13-14-9(4-2,6-11)8(12)15/h7H,3-4H2,1-2H3,(H2,12,15). The first-order valence-corrected chi connectivity index (χ1v) is 4.59. The van der Waals surface area contributed by atoms with Gasteiger partial charge in [0.25, 0.3) is 5.91 Å². The molecule has 0 heterocycles. The SMILES string of the molecule is CCC(C#N)N=NC(C#N)(CC)C(N)=O. The molecule has 0 aliphatic rings. The van der Waals surface area contributed by atoms with Gasteiger partial charge in [-0.05, 0) is 12.8 Å². The van der Waals surface area contributed by atoms with E-state index in [-0.39, 0.29) is 6.42 Å². The molecule has 0 saturated heterocycles. The van der Waals surface area contributed by atoms with Crippen LogP contribution in [0.1, 0.15) is 26.7 Å². The molecule has 0 aliphatic heterocycles. The summed E-state index contributed by atoms with van der Waals surface area (Å²) in [5.41, 5.74) is 3.43. The monoisotopic (exact) mass is 207 g/mol. The van der Waals surface area contributed by atoms with E-state index < -0.39 is 17.5 Å². The van der Waals surface area contributed by atoms with Crippen molar-refractivity contribution in [1.29, 1.82) is 10.5 Å². The van der Waals surface area contributed by atoms with Gasteiger partial charge in [-0.3, -0.25) is 4.79 Å². The lowest BCUT2D eigenvalue weighted by molar-refractivity contribution is -0.121. The summed E-state index contributed by atoms with van der Waals surface area (Å²) in [4.78, 5) is 11.0. The van der Waals surface area contributed by atoms with Crippen molar-refractivity contribution in [2.75, 3.05) is 0 Å². The Kier molecular flexibility index (Phi) is 4.97. The second kappa shape index (κ2) is 5.71. The Balaban J connectivity index is 4.94. The summed E-state index contributed by atoms with van der Waals surface area (Å²) in [6, 6.07) is 2.98. The largest absolute Gasteiger partial charge is 0.367 e. The number of amides is 1. The Morgan fingerprint density at radius 3 is 2.40 bits per heavy atom. The van der Waals surface area contributed by atoms with Gasteiger partial charge < -0.3 is 5.73 Å². The molecule has 2 unspecified atom stereocenters. The number of hydrogen-bond donors (Lipinski definition) is 1. The highest BCUT2D eigenvalue weighted by atomic mass is 16.1. The molecule has 0 aromatic heterocycles. The number of primary amides is 1. The Hall–Kier alpha value is -1.95. The quantitative estimate of drug-likeness (QED) is 0.675. The Labute approximate surface area is 88.4 Å². The summed E-state index contributed by atoms with van der Waals surface area (Å²) in [7, 11) is 0. The molecular formula is C9H13N5O. The van der Waals surface area contributed by atoms with E-state index in [1.54, 1.807) is 19.9 Å². The third kappa shape index (κ3) is 3.03. The van der Waals surface area contributed by atoms with E-state index in [0.717, 1.165) is 0 Å². The average Bonchev–Trinajstić information content (AvgIpc) is 2.25. The first-order chi connectivity index (χ1) is 7.06. The van der Waals surface area contributed by atoms with Gasteiger partial charge in [0.1, 0.15) is 6.07 Å². The molecule has 6 nitrogen and oxygen atoms in total. The number of carbonyl (C=O) groups excluding carboxylic acids is 1. The third-order valence-corrected chi connectivity index (χ3v) is 2.01. The molecule has 1 amide bonds. The van der Waals surface area contributed by atoms with Crippen LogP contribution in [0.4, 0.5) is 0 Å². The summed E-state index contributed by atoms with van der Waals surface area (Å²) >= 11 is 0. The van der Waals surface area contributed by atoms with Gasteiger partial charge in [0, 0.05) is 0 Å². The first-order valence-electron chi connectivity index (χ1n) is 4.59. The van der Waals surface area contributed by atoms with Crippen molar-refractivity contribution >= 4 is 5.91 Å². The molecule has 6 heteroatoms. The maximum absolute atomic E-state index is 11.0. The minimum absolute atomic E-state index is 0.143. The van der Waals surface area contributed by atoms with Crippen molar-refractivity contribution < 1.29 is 4.79 Å². The number of nitrogens with zero attached hydrogens (tertiary/aromatic N) is 4. The van der Waals surface area contributed by atoms with Crippen LogP contribution in [0.2, 0.25) is 0 Å². The number of nitriles is 2. The van der Waals surface area contributed by atoms with Crippen molar-refractivity contribution in [1.82, 2.24) is 0 Å². The molecule has 0 fully saturated rings. The molecule has 2 N–H and O–H groups in total. The molecule has 0 saturated carbocycles. The first kappa shape index (κ1) is 13.1. The van der Waals surface area contributed by atoms with Gasteiger partial charge in [0.2, 0.25) is 5.54 Å². The maximum Gasteiger partial charge on any atom is 0.261 e. The van der Waals surface area contributed by atoms with E-state index in [4.69, 9.17) is 16.3 Å². The van der Waals surface area contributed by atoms with Crippen LogP contribution in [-0.2, 0) is 4.79 Å². The second-order valence-corrected chi connectivity index (χ2v) is 2.96. The predicted molar refractivity (Wildman–Crippen MR) is 52.4 cm³/mol. The van der Waals surface area contributed by atoms with Crippen molar-refractivity contribution in [2.45, 2.75) is 38.3 Å². The van der Waals surface area contributed by atoms with Gasteiger partial charge in [0.15, 0.2) is 6.04 Å². The Bertz CT molecular complexity index is 337. The molecule has 0 bridgehead atoms. The lowest BCUT2D eigenvalue weighted by atomic mass is 9.99. The van der Waals surface area contributed by atoms with Crippen molar-refractivity contribution in [3.8, 4) is 12.1 Å². The fraction of sp³-hybridized carbons (Fsp3) is 0.667. The minimum atomic E-state index is -1.63. The van der Waals surface area contributed by atoms with Gasteiger partial charge in [0.05, 0.1) is 6.07 Å². The molecular weight excluding hydrogens is 194 g/mol. The van der Waals surface area contributed by atoms with Crippen LogP contribution in [-0.4, -0.2) is 17.5 Å². The number of carbonyl (C=O) groups is 1. The summed E-state index contributed by atoms with van der Waals surface area (Å²) < 4.78 is 0. The topological polar surface area (TPSA) is 115 Å². The van der Waals surface area contributed by atoms with Crippen LogP contribution in [0.15, 0.2) is 10.2 Å². The van der Waals surface area contributed by atoms with Crippen LogP contribution in [0.3, 0.4) is 0 Å². The van der Waals surface area contributed by atoms with E-state index in [0.29, 0.717) is 6.42 Å². The molecule has 0 aliphatic carbocycles. The van der Waals surface area contributed by atoms with E-state index in [2.05, 4.69) is 10.2 Å². The highest BCUT2D eigenvalue weighted by Gasteiger charge is 2.35. The molecule has 0 aromatic rings. The zero-order valence-corrected chi connectivity index (χ0v) is 8.77. The maximum atomic E-state index is 11.0. The summed E-state index contributed by atoms with van der Waals surface area (Å²) in [6.45, 7) is 3.37. The number of hydrogen-bond acceptors (Lipinski definition) is 5. The van der Waals surface area contributed by atoms with Crippen LogP contribution >= 0.6 is 0 Å². The molecule has 80 valence electrons. The van der Waals surface area contributed by atoms with Gasteiger partial charge >= 0.3 is 0 Å². The number of nitrogens with two attached hydrogens (primary N) is 1. The van der Waals surface area contributed by atoms with Gasteiger partial charge in [-0.25, -0.2) is 0 Å². The minimum Gasteiger partial charge on any atom is -0.367 e. The van der Waals surface area contributed by atoms with Gasteiger partial charge in [-0.15, -0.1) is 0 Å². The molecule has 0 spiro atoms. The van der Waals surface area contributed by atoms with E-state index in [9.17, 15) is 4.79 Å². The normalized spacial score (nSPS) is 16.3. The molecule has 0 radical (unpaired) electrons. The highest BCUT2D eigenvalue weighted by molar-refractivity contribution is 5.87. The van der Waals surface area contributed by atoms with Crippen LogP contribution in [0.25, 0.3) is 0 Å². The van der Waals surface area contributed by atoms with E-state index >= 15 is 0 Å². The lowest BCUT2D eigenvalue weighted by Crippen LogP contribution is -2.40. The molecule has 0 aromatic carbocycles. The van der Waals surface area contributed by atoms with Gasteiger partial charge in [-0.1, -0.05) is 13.8 Å². The van der Waals surface area contributed by atoms with Crippen molar-refractivity contribution in [3.05, 3.63) is 0 Å². The van der Waals surface area contributed by atoms with Crippen molar-refractivity contribution in [3.63, 3.8) is 0 Å². The smallest absolute Gasteiger partial charge is 0.261 e. The lowest BCUT2D eigenvalue weighted by Gasteiger charge is -2.14. The van der Waals surface area contributed by atoms with Crippen LogP contribution in [0, 0.1) is 22.7 Å². The van der Waals surface area contributed by atoms with Crippen LogP contribution in [0.5, 0.6) is 0 Å². The van der Waals surface area contributed by atoms with E-state index in [1.807, 2.05) is 6.07 Å². The van der Waals surface area contributed by atoms with Crippen LogP contribution < -0.4 is 5.73 Å². The van der Waals surface area contributed by atoms with Crippen molar-refractivity contribution in [2.24, 2.45) is 16.0 Å². The fourth-order valence-corrected chi connectivity index (χ4v) is 0.818. The third-order valence-electron chi connectivity index (χ3n) is 2.01. The summed E-state index contributed by atoms with van der Waals surface area (Å²) in [6.07, 6.45) is 0.619. The van der Waals surface area contributed by atoms with Gasteiger partial charge in [-0.2, -0.15) is 20.8 Å². The molecule has 0 rings (SSSR count). The average molecular weight is 207 g/mol. The Morgan fingerprint density at radius 2 is 2.13 bits per heavy atom. The van der Waals surface area contributed by atoms with E-state index in [1.165, 1.54) is 0 Å². The fourth-order valence-electron chi connectivity index (χ4n) is 0.818. The summed E-state index contributed by atoms with van der Waals surface area (Å²) in [5, 5.41) is 24.7. The summed E-state index contributed by atoms with van der Waals surface area (Å²) in [5.74, 6) is -0.843. The molecule has 15 heavy (non-hydrogen) atoms. The molecule has 2 atom stereocenters. The predicted octanol–water partition coefficient (Wildman–Crippen LogP) is 0.898. The number of rotatable bonds is 5. The Morgan fingerprint density at radius 1 is 1.53 bits per heavy atom. The second-order valence-electron chi connectivity index (χ2n) is 2.96. The zero-order chi connectivity index (χ0) is 11.9. The highest BCUT2D eigenvalue weighted by Crippen LogP contribution is 2.16. The number of azo groups is 1.